The van der Waals surface area contributed by atoms with Gasteiger partial charge in [-0.05, 0) is 63.2 Å². The Kier molecular flexibility index (Phi) is 11.4. The van der Waals surface area contributed by atoms with Gasteiger partial charge in [-0.25, -0.2) is 8.42 Å². The molecule has 1 aromatic carbocycles. The molecule has 12 heteroatoms. The van der Waals surface area contributed by atoms with Gasteiger partial charge in [-0.1, -0.05) is 18.2 Å². The molecule has 0 radical (unpaired) electrons. The number of benzene rings is 1. The van der Waals surface area contributed by atoms with Gasteiger partial charge in [-0.15, -0.1) is 12.4 Å². The first kappa shape index (κ1) is 29.0. The van der Waals surface area contributed by atoms with E-state index >= 15 is 0 Å². The fourth-order valence-electron chi connectivity index (χ4n) is 4.52. The zero-order chi connectivity index (χ0) is 24.6. The molecule has 2 heterocycles. The highest BCUT2D eigenvalue weighted by Crippen LogP contribution is 2.22. The smallest absolute Gasteiger partial charge is 0.306 e. The second kappa shape index (κ2) is 13.8. The van der Waals surface area contributed by atoms with Gasteiger partial charge in [0.05, 0.1) is 17.2 Å². The molecule has 2 aliphatic heterocycles. The third kappa shape index (κ3) is 9.06. The fraction of sp³-hybridized carbons (Fsp3) is 0.609. The summed E-state index contributed by atoms with van der Waals surface area (Å²) in [6, 6.07) is 7.54. The molecule has 1 aromatic rings. The number of likely N-dealkylation sites (tertiary alicyclic amines) is 1. The van der Waals surface area contributed by atoms with Crippen LogP contribution in [0.15, 0.2) is 35.2 Å². The van der Waals surface area contributed by atoms with Crippen molar-refractivity contribution in [2.45, 2.75) is 56.0 Å². The molecule has 0 aromatic heterocycles. The summed E-state index contributed by atoms with van der Waals surface area (Å²) >= 11 is 0. The van der Waals surface area contributed by atoms with Crippen molar-refractivity contribution in [1.82, 2.24) is 20.3 Å². The van der Waals surface area contributed by atoms with Gasteiger partial charge in [-0.2, -0.15) is 4.72 Å². The molecule has 35 heavy (non-hydrogen) atoms. The van der Waals surface area contributed by atoms with Gasteiger partial charge in [0.15, 0.2) is 0 Å². The Hall–Kier alpha value is -2.21. The average Bonchev–Trinajstić information content (AvgIpc) is 2.83. The van der Waals surface area contributed by atoms with E-state index in [2.05, 4.69) is 15.4 Å². The molecule has 0 spiro atoms. The van der Waals surface area contributed by atoms with Crippen LogP contribution in [-0.4, -0.2) is 68.6 Å². The number of hydrogen-bond donors (Lipinski definition) is 4. The standard InChI is InChI=1S/C23H34N4O6S.ClH/c28-21(9-8-17-10-12-24-13-11-17)27-14-4-5-18(16-27)23(31)25-20(15-22(29)30)26-34(32,33)19-6-2-1-3-7-19;/h1-3,6-7,17-18,20,24,26H,4-5,8-16H2,(H,25,31)(H,29,30);1H/t18-,20+;/m1./s1. The van der Waals surface area contributed by atoms with Crippen LogP contribution in [0, 0.1) is 11.8 Å². The summed E-state index contributed by atoms with van der Waals surface area (Å²) < 4.78 is 27.5. The lowest BCUT2D eigenvalue weighted by Gasteiger charge is -2.33. The maximum Gasteiger partial charge on any atom is 0.306 e. The lowest BCUT2D eigenvalue weighted by atomic mass is 9.92. The van der Waals surface area contributed by atoms with E-state index < -0.39 is 40.4 Å². The zero-order valence-corrected chi connectivity index (χ0v) is 21.3. The highest BCUT2D eigenvalue weighted by Gasteiger charge is 2.31. The summed E-state index contributed by atoms with van der Waals surface area (Å²) in [5.74, 6) is -1.65. The Labute approximate surface area is 212 Å². The number of aliphatic carboxylic acids is 1. The van der Waals surface area contributed by atoms with Crippen LogP contribution in [0.25, 0.3) is 0 Å². The van der Waals surface area contributed by atoms with Crippen LogP contribution in [0.5, 0.6) is 0 Å². The first-order valence-electron chi connectivity index (χ1n) is 11.8. The number of carbonyl (C=O) groups excluding carboxylic acids is 2. The molecule has 2 aliphatic rings. The van der Waals surface area contributed by atoms with Crippen molar-refractivity contribution < 1.29 is 27.9 Å². The molecule has 0 aliphatic carbocycles. The average molecular weight is 531 g/mol. The molecule has 2 fully saturated rings. The van der Waals surface area contributed by atoms with Crippen LogP contribution < -0.4 is 15.4 Å². The predicted octanol–water partition coefficient (Wildman–Crippen LogP) is 1.32. The molecule has 2 amide bonds. The number of carboxylic acid groups (broad SMARTS) is 1. The van der Waals surface area contributed by atoms with Crippen molar-refractivity contribution in [3.63, 3.8) is 0 Å². The second-order valence-electron chi connectivity index (χ2n) is 9.00. The third-order valence-corrected chi connectivity index (χ3v) is 7.90. The Morgan fingerprint density at radius 2 is 1.80 bits per heavy atom. The van der Waals surface area contributed by atoms with E-state index in [0.29, 0.717) is 31.7 Å². The van der Waals surface area contributed by atoms with Crippen molar-refractivity contribution in [3.05, 3.63) is 30.3 Å². The van der Waals surface area contributed by atoms with E-state index in [9.17, 15) is 27.9 Å². The van der Waals surface area contributed by atoms with Gasteiger partial charge in [-0.3, -0.25) is 14.4 Å². The van der Waals surface area contributed by atoms with Crippen LogP contribution in [0.2, 0.25) is 0 Å². The monoisotopic (exact) mass is 530 g/mol. The molecule has 0 bridgehead atoms. The lowest BCUT2D eigenvalue weighted by Crippen LogP contribution is -2.53. The summed E-state index contributed by atoms with van der Waals surface area (Å²) in [6.45, 7) is 2.81. The van der Waals surface area contributed by atoms with E-state index in [1.165, 1.54) is 12.1 Å². The summed E-state index contributed by atoms with van der Waals surface area (Å²) in [5, 5.41) is 15.1. The number of halogens is 1. The van der Waals surface area contributed by atoms with Gasteiger partial charge in [0.2, 0.25) is 21.8 Å². The Balaban J connectivity index is 0.00000432. The van der Waals surface area contributed by atoms with Crippen molar-refractivity contribution in [3.8, 4) is 0 Å². The number of carbonyl (C=O) groups is 3. The van der Waals surface area contributed by atoms with Gasteiger partial charge in [0.25, 0.3) is 0 Å². The first-order valence-corrected chi connectivity index (χ1v) is 13.3. The quantitative estimate of drug-likeness (QED) is 0.334. The van der Waals surface area contributed by atoms with Gasteiger partial charge < -0.3 is 20.6 Å². The number of rotatable bonds is 10. The summed E-state index contributed by atoms with van der Waals surface area (Å²) in [6.07, 6.45) is 2.74. The molecule has 2 saturated heterocycles. The minimum atomic E-state index is -4.02. The Morgan fingerprint density at radius 3 is 2.46 bits per heavy atom. The van der Waals surface area contributed by atoms with Gasteiger partial charge in [0, 0.05) is 19.5 Å². The minimum Gasteiger partial charge on any atom is -0.481 e. The van der Waals surface area contributed by atoms with E-state index in [-0.39, 0.29) is 29.8 Å². The Bertz CT molecular complexity index is 956. The van der Waals surface area contributed by atoms with Crippen LogP contribution in [0.3, 0.4) is 0 Å². The summed E-state index contributed by atoms with van der Waals surface area (Å²) in [5.41, 5.74) is 0. The third-order valence-electron chi connectivity index (χ3n) is 6.42. The molecule has 3 rings (SSSR count). The van der Waals surface area contributed by atoms with Crippen molar-refractivity contribution in [1.29, 1.82) is 0 Å². The topological polar surface area (TPSA) is 145 Å². The maximum atomic E-state index is 12.9. The minimum absolute atomic E-state index is 0. The van der Waals surface area contributed by atoms with Crippen LogP contribution in [0.4, 0.5) is 0 Å². The largest absolute Gasteiger partial charge is 0.481 e. The number of carboxylic acids is 1. The van der Waals surface area contributed by atoms with Crippen molar-refractivity contribution in [2.75, 3.05) is 26.2 Å². The van der Waals surface area contributed by atoms with E-state index in [1.54, 1.807) is 23.1 Å². The SMILES string of the molecule is Cl.O=C(O)C[C@@H](NC(=O)[C@@H]1CCCN(C(=O)CCC2CCNCC2)C1)NS(=O)(=O)c1ccccc1. The number of nitrogens with one attached hydrogen (secondary N) is 3. The van der Waals surface area contributed by atoms with E-state index in [4.69, 9.17) is 0 Å². The maximum absolute atomic E-state index is 12.9. The Morgan fingerprint density at radius 1 is 1.11 bits per heavy atom. The van der Waals surface area contributed by atoms with Gasteiger partial charge >= 0.3 is 5.97 Å². The first-order chi connectivity index (χ1) is 16.2. The molecular formula is C23H35ClN4O6S. The molecule has 2 atom stereocenters. The highest BCUT2D eigenvalue weighted by atomic mass is 35.5. The van der Waals surface area contributed by atoms with E-state index in [0.717, 1.165) is 32.4 Å². The van der Waals surface area contributed by atoms with Crippen molar-refractivity contribution >= 4 is 40.2 Å². The normalized spacial score (nSPS) is 19.9. The zero-order valence-electron chi connectivity index (χ0n) is 19.6. The molecule has 0 saturated carbocycles. The summed E-state index contributed by atoms with van der Waals surface area (Å²) in [7, 11) is -4.02. The number of nitrogens with zero attached hydrogens (tertiary/aromatic N) is 1. The predicted molar refractivity (Wildman–Crippen MR) is 132 cm³/mol. The molecule has 0 unspecified atom stereocenters. The number of hydrogen-bond acceptors (Lipinski definition) is 6. The molecule has 196 valence electrons. The molecule has 4 N–H and O–H groups in total. The number of sulfonamides is 1. The van der Waals surface area contributed by atoms with Crippen LogP contribution >= 0.6 is 12.4 Å². The summed E-state index contributed by atoms with van der Waals surface area (Å²) in [4.78, 5) is 38.6. The fourth-order valence-corrected chi connectivity index (χ4v) is 5.68. The van der Waals surface area contributed by atoms with Crippen LogP contribution in [0.1, 0.15) is 44.9 Å². The molecular weight excluding hydrogens is 496 g/mol. The van der Waals surface area contributed by atoms with Crippen molar-refractivity contribution in [2.24, 2.45) is 11.8 Å². The van der Waals surface area contributed by atoms with Crippen LogP contribution in [-0.2, 0) is 24.4 Å². The highest BCUT2D eigenvalue weighted by molar-refractivity contribution is 7.89. The number of amides is 2. The number of piperidine rings is 2. The second-order valence-corrected chi connectivity index (χ2v) is 10.7. The molecule has 10 nitrogen and oxygen atoms in total. The van der Waals surface area contributed by atoms with E-state index in [1.807, 2.05) is 0 Å². The van der Waals surface area contributed by atoms with Gasteiger partial charge in [0.1, 0.15) is 6.17 Å². The lowest BCUT2D eigenvalue weighted by molar-refractivity contribution is -0.138.